The third kappa shape index (κ3) is 3.04. The summed E-state index contributed by atoms with van der Waals surface area (Å²) < 4.78 is 0. The molecule has 21 heavy (non-hydrogen) atoms. The van der Waals surface area contributed by atoms with Crippen LogP contribution in [-0.2, 0) is 17.9 Å². The standard InChI is InChI=1S/C11H13N3O7/c1-4-8-6(2)10(12(15)16)9(5-21-14(19)20)11(7(8)3)13(17)18/h4-5H2,1-3H3. The highest BCUT2D eigenvalue weighted by molar-refractivity contribution is 5.65. The van der Waals surface area contributed by atoms with Crippen molar-refractivity contribution in [3.8, 4) is 0 Å². The van der Waals surface area contributed by atoms with Gasteiger partial charge in [0.2, 0.25) is 0 Å². The summed E-state index contributed by atoms with van der Waals surface area (Å²) in [6.07, 6.45) is 0.371. The molecule has 0 bridgehead atoms. The van der Waals surface area contributed by atoms with Gasteiger partial charge >= 0.3 is 0 Å². The fourth-order valence-electron chi connectivity index (χ4n) is 2.41. The number of hydrogen-bond donors (Lipinski definition) is 0. The molecule has 0 radical (unpaired) electrons. The Morgan fingerprint density at radius 2 is 1.33 bits per heavy atom. The average Bonchev–Trinajstić information content (AvgIpc) is 2.35. The smallest absolute Gasteiger partial charge is 0.294 e. The van der Waals surface area contributed by atoms with Crippen molar-refractivity contribution >= 4 is 11.4 Å². The van der Waals surface area contributed by atoms with Gasteiger partial charge in [-0.25, -0.2) is 0 Å². The van der Waals surface area contributed by atoms with Gasteiger partial charge in [-0.2, -0.15) is 0 Å². The molecule has 0 aromatic heterocycles. The lowest BCUT2D eigenvalue weighted by Crippen LogP contribution is -2.11. The molecule has 10 heteroatoms. The molecule has 1 aromatic carbocycles. The highest BCUT2D eigenvalue weighted by atomic mass is 16.9. The van der Waals surface area contributed by atoms with Crippen molar-refractivity contribution in [1.29, 1.82) is 0 Å². The van der Waals surface area contributed by atoms with E-state index in [9.17, 15) is 30.3 Å². The number of nitro benzene ring substituents is 2. The molecule has 0 atom stereocenters. The second kappa shape index (κ2) is 6.11. The van der Waals surface area contributed by atoms with E-state index in [0.717, 1.165) is 0 Å². The Morgan fingerprint density at radius 3 is 1.62 bits per heavy atom. The second-order valence-electron chi connectivity index (χ2n) is 4.27. The lowest BCUT2D eigenvalue weighted by atomic mass is 9.93. The molecule has 0 fully saturated rings. The van der Waals surface area contributed by atoms with Gasteiger partial charge < -0.3 is 4.84 Å². The van der Waals surface area contributed by atoms with Gasteiger partial charge in [0.1, 0.15) is 12.2 Å². The van der Waals surface area contributed by atoms with Crippen molar-refractivity contribution in [3.63, 3.8) is 0 Å². The highest BCUT2D eigenvalue weighted by Gasteiger charge is 2.33. The summed E-state index contributed by atoms with van der Waals surface area (Å²) in [5.74, 6) is 0. The van der Waals surface area contributed by atoms with E-state index in [1.807, 2.05) is 0 Å². The molecule has 0 saturated heterocycles. The molecule has 0 aliphatic heterocycles. The summed E-state index contributed by atoms with van der Waals surface area (Å²) in [6, 6.07) is 0. The number of nitro groups is 2. The van der Waals surface area contributed by atoms with Gasteiger partial charge in [0.15, 0.2) is 0 Å². The van der Waals surface area contributed by atoms with Crippen LogP contribution in [0.5, 0.6) is 0 Å². The van der Waals surface area contributed by atoms with E-state index in [-0.39, 0.29) is 11.1 Å². The lowest BCUT2D eigenvalue weighted by Gasteiger charge is -2.13. The van der Waals surface area contributed by atoms with Crippen molar-refractivity contribution in [2.45, 2.75) is 33.8 Å². The van der Waals surface area contributed by atoms with E-state index in [1.54, 1.807) is 6.92 Å². The fraction of sp³-hybridized carbons (Fsp3) is 0.455. The van der Waals surface area contributed by atoms with Crippen molar-refractivity contribution in [2.24, 2.45) is 0 Å². The van der Waals surface area contributed by atoms with Crippen LogP contribution in [0.4, 0.5) is 11.4 Å². The quantitative estimate of drug-likeness (QED) is 0.580. The van der Waals surface area contributed by atoms with E-state index in [0.29, 0.717) is 12.0 Å². The molecule has 0 unspecified atom stereocenters. The molecule has 114 valence electrons. The molecule has 0 heterocycles. The summed E-state index contributed by atoms with van der Waals surface area (Å²) >= 11 is 0. The monoisotopic (exact) mass is 299 g/mol. The highest BCUT2D eigenvalue weighted by Crippen LogP contribution is 2.38. The molecular weight excluding hydrogens is 286 g/mol. The maximum atomic E-state index is 11.2. The predicted molar refractivity (Wildman–Crippen MR) is 70.4 cm³/mol. The third-order valence-electron chi connectivity index (χ3n) is 3.22. The largest absolute Gasteiger partial charge is 0.309 e. The predicted octanol–water partition coefficient (Wildman–Crippen LogP) is 2.39. The fourth-order valence-corrected chi connectivity index (χ4v) is 2.41. The van der Waals surface area contributed by atoms with Crippen LogP contribution in [0, 0.1) is 44.2 Å². The molecule has 0 aliphatic rings. The van der Waals surface area contributed by atoms with Crippen LogP contribution in [0.3, 0.4) is 0 Å². The van der Waals surface area contributed by atoms with E-state index in [4.69, 9.17) is 0 Å². The zero-order chi connectivity index (χ0) is 16.3. The molecule has 0 saturated carbocycles. The Balaban J connectivity index is 3.73. The average molecular weight is 299 g/mol. The first-order valence-electron chi connectivity index (χ1n) is 5.93. The first-order valence-corrected chi connectivity index (χ1v) is 5.93. The van der Waals surface area contributed by atoms with Gasteiger partial charge in [0, 0.05) is 11.1 Å². The summed E-state index contributed by atoms with van der Waals surface area (Å²) in [5, 5.41) is 31.5. The molecule has 0 spiro atoms. The molecule has 1 rings (SSSR count). The number of hydrogen-bond acceptors (Lipinski definition) is 7. The van der Waals surface area contributed by atoms with Crippen molar-refractivity contribution in [3.05, 3.63) is 52.6 Å². The van der Waals surface area contributed by atoms with Crippen LogP contribution in [0.15, 0.2) is 0 Å². The van der Waals surface area contributed by atoms with E-state index < -0.39 is 38.5 Å². The Kier molecular flexibility index (Phi) is 4.74. The van der Waals surface area contributed by atoms with Crippen LogP contribution in [-0.4, -0.2) is 14.9 Å². The van der Waals surface area contributed by atoms with E-state index in [1.165, 1.54) is 13.8 Å². The maximum absolute atomic E-state index is 11.2. The Bertz CT molecular complexity index is 586. The van der Waals surface area contributed by atoms with Crippen LogP contribution in [0.25, 0.3) is 0 Å². The maximum Gasteiger partial charge on any atom is 0.294 e. The van der Waals surface area contributed by atoms with E-state index in [2.05, 4.69) is 4.84 Å². The molecule has 1 aromatic rings. The Hall–Kier alpha value is -2.78. The molecule has 0 aliphatic carbocycles. The van der Waals surface area contributed by atoms with Crippen molar-refractivity contribution < 1.29 is 19.8 Å². The Labute approximate surface area is 118 Å². The van der Waals surface area contributed by atoms with Crippen LogP contribution in [0.1, 0.15) is 29.2 Å². The van der Waals surface area contributed by atoms with Crippen LogP contribution in [0.2, 0.25) is 0 Å². The zero-order valence-electron chi connectivity index (χ0n) is 11.6. The molecule has 0 amide bonds. The summed E-state index contributed by atoms with van der Waals surface area (Å²) in [5.41, 5.74) is -0.413. The van der Waals surface area contributed by atoms with Gasteiger partial charge in [-0.15, -0.1) is 10.1 Å². The summed E-state index contributed by atoms with van der Waals surface area (Å²) in [7, 11) is 0. The van der Waals surface area contributed by atoms with Crippen molar-refractivity contribution in [2.75, 3.05) is 0 Å². The van der Waals surface area contributed by atoms with Gasteiger partial charge in [-0.3, -0.25) is 20.2 Å². The topological polar surface area (TPSA) is 139 Å². The third-order valence-corrected chi connectivity index (χ3v) is 3.22. The summed E-state index contributed by atoms with van der Waals surface area (Å²) in [4.78, 5) is 35.2. The van der Waals surface area contributed by atoms with Crippen molar-refractivity contribution in [1.82, 2.24) is 0 Å². The molecule has 0 N–H and O–H groups in total. The summed E-state index contributed by atoms with van der Waals surface area (Å²) in [6.45, 7) is 3.80. The van der Waals surface area contributed by atoms with Gasteiger partial charge in [0.25, 0.3) is 16.5 Å². The normalized spacial score (nSPS) is 10.2. The first kappa shape index (κ1) is 16.3. The first-order chi connectivity index (χ1) is 9.72. The van der Waals surface area contributed by atoms with Crippen LogP contribution >= 0.6 is 0 Å². The second-order valence-corrected chi connectivity index (χ2v) is 4.27. The number of rotatable bonds is 6. The minimum Gasteiger partial charge on any atom is -0.309 e. The number of benzene rings is 1. The van der Waals surface area contributed by atoms with Gasteiger partial charge in [-0.1, -0.05) is 6.92 Å². The van der Waals surface area contributed by atoms with E-state index >= 15 is 0 Å². The van der Waals surface area contributed by atoms with Crippen LogP contribution < -0.4 is 0 Å². The van der Waals surface area contributed by atoms with Gasteiger partial charge in [-0.05, 0) is 25.8 Å². The minimum absolute atomic E-state index is 0.257. The lowest BCUT2D eigenvalue weighted by molar-refractivity contribution is -0.763. The zero-order valence-corrected chi connectivity index (χ0v) is 11.6. The van der Waals surface area contributed by atoms with Gasteiger partial charge in [0.05, 0.1) is 9.85 Å². The SMILES string of the molecule is CCc1c(C)c([N+](=O)[O-])c(CO[N+](=O)[O-])c([N+](=O)[O-])c1C. The number of nitrogens with zero attached hydrogens (tertiary/aromatic N) is 3. The molecular formula is C11H13N3O7. The molecule has 10 nitrogen and oxygen atoms in total. The minimum atomic E-state index is -1.15. The Morgan fingerprint density at radius 1 is 0.905 bits per heavy atom.